The minimum atomic E-state index is 0.495. The van der Waals surface area contributed by atoms with E-state index in [1.165, 1.54) is 5.56 Å². The molecule has 1 heterocycles. The second-order valence-electron chi connectivity index (χ2n) is 4.76. The summed E-state index contributed by atoms with van der Waals surface area (Å²) in [5, 5.41) is 8.14. The second-order valence-corrected chi connectivity index (χ2v) is 5.19. The summed E-state index contributed by atoms with van der Waals surface area (Å²) in [4.78, 5) is 4.30. The molecule has 0 saturated carbocycles. The van der Waals surface area contributed by atoms with Gasteiger partial charge in [-0.25, -0.2) is 4.98 Å². The van der Waals surface area contributed by atoms with Gasteiger partial charge in [0.25, 0.3) is 0 Å². The number of benzene rings is 1. The standard InChI is InChI=1S/C14H19ClN4/c1-16-9-12(8-14-17-10-18-19(14)2)7-11-3-5-13(15)6-4-11/h3-6,10,12,16H,7-9H2,1-2H3. The minimum absolute atomic E-state index is 0.495. The number of nitrogens with one attached hydrogen (secondary N) is 1. The third kappa shape index (κ3) is 4.04. The van der Waals surface area contributed by atoms with E-state index in [1.807, 2.05) is 30.9 Å². The highest BCUT2D eigenvalue weighted by molar-refractivity contribution is 6.30. The van der Waals surface area contributed by atoms with Crippen LogP contribution in [0.25, 0.3) is 0 Å². The lowest BCUT2D eigenvalue weighted by Crippen LogP contribution is -2.24. The van der Waals surface area contributed by atoms with Gasteiger partial charge in [0.05, 0.1) is 0 Å². The van der Waals surface area contributed by atoms with Crippen LogP contribution in [0.5, 0.6) is 0 Å². The largest absolute Gasteiger partial charge is 0.319 e. The highest BCUT2D eigenvalue weighted by Gasteiger charge is 2.13. The quantitative estimate of drug-likeness (QED) is 0.880. The van der Waals surface area contributed by atoms with E-state index < -0.39 is 0 Å². The van der Waals surface area contributed by atoms with E-state index in [1.54, 1.807) is 6.33 Å². The Balaban J connectivity index is 2.03. The molecule has 1 aromatic heterocycles. The van der Waals surface area contributed by atoms with Crippen molar-refractivity contribution in [2.45, 2.75) is 12.8 Å². The van der Waals surface area contributed by atoms with Gasteiger partial charge in [0, 0.05) is 18.5 Å². The van der Waals surface area contributed by atoms with Crippen molar-refractivity contribution in [1.82, 2.24) is 20.1 Å². The van der Waals surface area contributed by atoms with Gasteiger partial charge in [-0.3, -0.25) is 4.68 Å². The lowest BCUT2D eigenvalue weighted by atomic mass is 9.96. The predicted molar refractivity (Wildman–Crippen MR) is 77.3 cm³/mol. The molecule has 0 aliphatic heterocycles. The van der Waals surface area contributed by atoms with Crippen LogP contribution in [-0.4, -0.2) is 28.4 Å². The molecule has 0 bridgehead atoms. The zero-order valence-electron chi connectivity index (χ0n) is 11.3. The monoisotopic (exact) mass is 278 g/mol. The molecule has 1 N–H and O–H groups in total. The molecular weight excluding hydrogens is 260 g/mol. The fourth-order valence-electron chi connectivity index (χ4n) is 2.22. The predicted octanol–water partition coefficient (Wildman–Crippen LogP) is 2.09. The van der Waals surface area contributed by atoms with Crippen LogP contribution in [0.4, 0.5) is 0 Å². The van der Waals surface area contributed by atoms with Crippen LogP contribution in [0.1, 0.15) is 11.4 Å². The molecular formula is C14H19ClN4. The van der Waals surface area contributed by atoms with Crippen molar-refractivity contribution < 1.29 is 0 Å². The normalized spacial score (nSPS) is 12.6. The van der Waals surface area contributed by atoms with Gasteiger partial charge in [0.1, 0.15) is 12.2 Å². The summed E-state index contributed by atoms with van der Waals surface area (Å²) in [7, 11) is 3.91. The van der Waals surface area contributed by atoms with E-state index in [0.717, 1.165) is 30.2 Å². The number of aryl methyl sites for hydroxylation is 1. The molecule has 0 radical (unpaired) electrons. The first-order valence-corrected chi connectivity index (χ1v) is 6.78. The summed E-state index contributed by atoms with van der Waals surface area (Å²) >= 11 is 5.91. The maximum atomic E-state index is 5.91. The molecule has 0 amide bonds. The SMILES string of the molecule is CNCC(Cc1ccc(Cl)cc1)Cc1ncnn1C. The number of nitrogens with zero attached hydrogens (tertiary/aromatic N) is 3. The Kier molecular flexibility index (Phi) is 4.93. The van der Waals surface area contributed by atoms with Crippen molar-refractivity contribution in [3.63, 3.8) is 0 Å². The molecule has 102 valence electrons. The van der Waals surface area contributed by atoms with Gasteiger partial charge < -0.3 is 5.32 Å². The van der Waals surface area contributed by atoms with Crippen LogP contribution < -0.4 is 5.32 Å². The topological polar surface area (TPSA) is 42.7 Å². The minimum Gasteiger partial charge on any atom is -0.319 e. The number of hydrogen-bond donors (Lipinski definition) is 1. The van der Waals surface area contributed by atoms with E-state index >= 15 is 0 Å². The molecule has 0 saturated heterocycles. The Morgan fingerprint density at radius 1 is 1.26 bits per heavy atom. The van der Waals surface area contributed by atoms with Crippen LogP contribution >= 0.6 is 11.6 Å². The van der Waals surface area contributed by atoms with Crippen molar-refractivity contribution in [1.29, 1.82) is 0 Å². The lowest BCUT2D eigenvalue weighted by Gasteiger charge is -2.16. The number of hydrogen-bond acceptors (Lipinski definition) is 3. The third-order valence-corrected chi connectivity index (χ3v) is 3.46. The first-order chi connectivity index (χ1) is 9.19. The summed E-state index contributed by atoms with van der Waals surface area (Å²) < 4.78 is 1.84. The Hall–Kier alpha value is -1.39. The van der Waals surface area contributed by atoms with Crippen LogP contribution in [0, 0.1) is 5.92 Å². The third-order valence-electron chi connectivity index (χ3n) is 3.21. The summed E-state index contributed by atoms with van der Waals surface area (Å²) in [5.41, 5.74) is 1.30. The Morgan fingerprint density at radius 2 is 2.00 bits per heavy atom. The summed E-state index contributed by atoms with van der Waals surface area (Å²) in [6.45, 7) is 0.954. The smallest absolute Gasteiger partial charge is 0.138 e. The zero-order chi connectivity index (χ0) is 13.7. The van der Waals surface area contributed by atoms with Crippen molar-refractivity contribution in [2.75, 3.05) is 13.6 Å². The average Bonchev–Trinajstić information content (AvgIpc) is 2.78. The number of rotatable bonds is 6. The van der Waals surface area contributed by atoms with Crippen molar-refractivity contribution in [3.05, 3.63) is 47.0 Å². The van der Waals surface area contributed by atoms with Gasteiger partial charge >= 0.3 is 0 Å². The highest BCUT2D eigenvalue weighted by atomic mass is 35.5. The Labute approximate surface area is 118 Å². The summed E-state index contributed by atoms with van der Waals surface area (Å²) in [6, 6.07) is 8.05. The second kappa shape index (κ2) is 6.68. The Bertz CT molecular complexity index is 506. The van der Waals surface area contributed by atoms with Crippen molar-refractivity contribution in [3.8, 4) is 0 Å². The highest BCUT2D eigenvalue weighted by Crippen LogP contribution is 2.15. The molecule has 1 aromatic carbocycles. The maximum absolute atomic E-state index is 5.91. The summed E-state index contributed by atoms with van der Waals surface area (Å²) in [6.07, 6.45) is 3.53. The zero-order valence-corrected chi connectivity index (χ0v) is 12.1. The van der Waals surface area contributed by atoms with Gasteiger partial charge in [-0.1, -0.05) is 23.7 Å². The molecule has 19 heavy (non-hydrogen) atoms. The molecule has 0 aliphatic carbocycles. The molecule has 0 spiro atoms. The molecule has 1 unspecified atom stereocenters. The number of halogens is 1. The fourth-order valence-corrected chi connectivity index (χ4v) is 2.35. The number of aromatic nitrogens is 3. The molecule has 2 rings (SSSR count). The van der Waals surface area contributed by atoms with Gasteiger partial charge in [0.2, 0.25) is 0 Å². The van der Waals surface area contributed by atoms with Gasteiger partial charge in [0.15, 0.2) is 0 Å². The fraction of sp³-hybridized carbons (Fsp3) is 0.429. The molecule has 5 heteroatoms. The van der Waals surface area contributed by atoms with E-state index in [9.17, 15) is 0 Å². The average molecular weight is 279 g/mol. The van der Waals surface area contributed by atoms with E-state index in [2.05, 4.69) is 27.5 Å². The van der Waals surface area contributed by atoms with Crippen LogP contribution in [0.2, 0.25) is 5.02 Å². The Morgan fingerprint density at radius 3 is 2.58 bits per heavy atom. The van der Waals surface area contributed by atoms with Crippen LogP contribution in [0.3, 0.4) is 0 Å². The lowest BCUT2D eigenvalue weighted by molar-refractivity contribution is 0.471. The molecule has 0 fully saturated rings. The first-order valence-electron chi connectivity index (χ1n) is 6.41. The van der Waals surface area contributed by atoms with Gasteiger partial charge in [-0.2, -0.15) is 5.10 Å². The van der Waals surface area contributed by atoms with Gasteiger partial charge in [-0.15, -0.1) is 0 Å². The van der Waals surface area contributed by atoms with Crippen molar-refractivity contribution >= 4 is 11.6 Å². The van der Waals surface area contributed by atoms with Crippen LogP contribution in [0.15, 0.2) is 30.6 Å². The van der Waals surface area contributed by atoms with Gasteiger partial charge in [-0.05, 0) is 43.6 Å². The van der Waals surface area contributed by atoms with Crippen LogP contribution in [-0.2, 0) is 19.9 Å². The first kappa shape index (κ1) is 14.0. The van der Waals surface area contributed by atoms with E-state index in [4.69, 9.17) is 11.6 Å². The summed E-state index contributed by atoms with van der Waals surface area (Å²) in [5.74, 6) is 1.52. The van der Waals surface area contributed by atoms with E-state index in [0.29, 0.717) is 5.92 Å². The van der Waals surface area contributed by atoms with E-state index in [-0.39, 0.29) is 0 Å². The molecule has 0 aliphatic rings. The molecule has 4 nitrogen and oxygen atoms in total. The van der Waals surface area contributed by atoms with Crippen molar-refractivity contribution in [2.24, 2.45) is 13.0 Å². The molecule has 1 atom stereocenters. The molecule has 2 aromatic rings. The maximum Gasteiger partial charge on any atom is 0.138 e.